The molecule has 0 heterocycles. The zero-order chi connectivity index (χ0) is 10.4. The largest absolute Gasteiger partial charge is 0.748 e. The summed E-state index contributed by atoms with van der Waals surface area (Å²) in [4.78, 5) is 9.68. The van der Waals surface area contributed by atoms with Crippen LogP contribution in [-0.4, -0.2) is 57.7 Å². The number of hydrogen-bond donors (Lipinski definition) is 0. The fraction of sp³-hybridized carbons (Fsp3) is 0.714. The fourth-order valence-electron chi connectivity index (χ4n) is 0.194. The first-order valence-electron chi connectivity index (χ1n) is 3.12. The summed E-state index contributed by atoms with van der Waals surface area (Å²) >= 11 is 0. The normalized spacial score (nSPS) is 9.79. The van der Waals surface area contributed by atoms with E-state index in [9.17, 15) is 4.79 Å². The van der Waals surface area contributed by atoms with E-state index in [4.69, 9.17) is 13.0 Å². The van der Waals surface area contributed by atoms with Crippen LogP contribution in [0.1, 0.15) is 0 Å². The van der Waals surface area contributed by atoms with Gasteiger partial charge in [0.05, 0.1) is 31.3 Å². The average molecular weight is 300 g/mol. The Morgan fingerprint density at radius 2 is 1.50 bits per heavy atom. The van der Waals surface area contributed by atoms with Gasteiger partial charge in [-0.2, -0.15) is 0 Å². The van der Waals surface area contributed by atoms with E-state index >= 15 is 0 Å². The van der Waals surface area contributed by atoms with Crippen molar-refractivity contribution >= 4 is 16.4 Å². The summed E-state index contributed by atoms with van der Waals surface area (Å²) < 4.78 is 27.9. The maximum Gasteiger partial charge on any atom is 0.0916 e. The number of quaternary nitrogens is 1. The van der Waals surface area contributed by atoms with Crippen LogP contribution in [0.5, 0.6) is 0 Å². The van der Waals surface area contributed by atoms with E-state index in [0.29, 0.717) is 17.3 Å². The summed E-state index contributed by atoms with van der Waals surface area (Å²) in [5.41, 5.74) is 0. The molecule has 0 aliphatic heterocycles. The van der Waals surface area contributed by atoms with Crippen molar-refractivity contribution in [1.29, 1.82) is 0 Å². The van der Waals surface area contributed by atoms with Crippen LogP contribution in [0.25, 0.3) is 0 Å². The molecule has 0 amide bonds. The third-order valence-electron chi connectivity index (χ3n) is 0.539. The van der Waals surface area contributed by atoms with Gasteiger partial charge in [-0.15, -0.1) is 0 Å². The molecule has 0 aromatic heterocycles. The number of nitrogens with zero attached hydrogens (tertiary/aromatic N) is 1. The molecule has 1 radical (unpaired) electrons. The van der Waals surface area contributed by atoms with Crippen molar-refractivity contribution < 1.29 is 55.0 Å². The van der Waals surface area contributed by atoms with Crippen LogP contribution in [0.4, 0.5) is 0 Å². The van der Waals surface area contributed by atoms with Gasteiger partial charge in [0, 0.05) is 39.0 Å². The Kier molecular flexibility index (Phi) is 17.5. The van der Waals surface area contributed by atoms with Crippen LogP contribution < -0.4 is 0 Å². The molecule has 14 heavy (non-hydrogen) atoms. The van der Waals surface area contributed by atoms with Gasteiger partial charge in [0.2, 0.25) is 0 Å². The number of hydrogen-bond acceptors (Lipinski definition) is 4. The summed E-state index contributed by atoms with van der Waals surface area (Å²) in [5, 5.41) is 0. The Morgan fingerprint density at radius 3 is 1.50 bits per heavy atom. The van der Waals surface area contributed by atoms with Crippen LogP contribution >= 0.6 is 0 Å². The molecule has 0 fully saturated rings. The molecule has 0 aliphatic rings. The predicted molar refractivity (Wildman–Crippen MR) is 50.6 cm³/mol. The topological polar surface area (TPSA) is 74.3 Å². The van der Waals surface area contributed by atoms with Crippen molar-refractivity contribution in [3.63, 3.8) is 0 Å². The molecule has 7 heteroatoms. The Bertz CT molecular complexity index is 212. The summed E-state index contributed by atoms with van der Waals surface area (Å²) in [5.74, 6) is 0. The van der Waals surface area contributed by atoms with E-state index < -0.39 is 10.1 Å². The first-order valence-corrected chi connectivity index (χ1v) is 4.94. The predicted octanol–water partition coefficient (Wildman–Crippen LogP) is -0.589. The van der Waals surface area contributed by atoms with Crippen LogP contribution in [0, 0.1) is 7.43 Å². The Morgan fingerprint density at radius 1 is 1.29 bits per heavy atom. The first-order chi connectivity index (χ1) is 5.06. The molecule has 0 aromatic rings. The smallest absolute Gasteiger partial charge is 0.0916 e. The number of rotatable bonds is 2. The second kappa shape index (κ2) is 10.2. The zero-order valence-corrected chi connectivity index (χ0v) is 12.9. The van der Waals surface area contributed by atoms with Gasteiger partial charge >= 0.3 is 0 Å². The third-order valence-corrected chi connectivity index (χ3v) is 0.539. The van der Waals surface area contributed by atoms with Gasteiger partial charge in [-0.05, 0) is 6.54 Å². The zero-order valence-electron chi connectivity index (χ0n) is 9.27. The quantitative estimate of drug-likeness (QED) is 0.388. The minimum absolute atomic E-state index is 0. The van der Waals surface area contributed by atoms with Crippen molar-refractivity contribution in [2.24, 2.45) is 0 Å². The van der Waals surface area contributed by atoms with Crippen LogP contribution in [0.2, 0.25) is 0 Å². The van der Waals surface area contributed by atoms with E-state index in [1.54, 1.807) is 0 Å². The van der Waals surface area contributed by atoms with Crippen LogP contribution in [0.15, 0.2) is 0 Å². The van der Waals surface area contributed by atoms with E-state index in [1.807, 2.05) is 27.4 Å². The SMILES string of the molecule is CS(=O)(=O)[O-].C[N+](C)(C)C[C-]=O.[CH3-].[Y]. The molecule has 0 saturated heterocycles. The minimum Gasteiger partial charge on any atom is -0.748 e. The second-order valence-electron chi connectivity index (χ2n) is 3.30. The summed E-state index contributed by atoms with van der Waals surface area (Å²) in [6.45, 7) is 0.472. The van der Waals surface area contributed by atoms with Gasteiger partial charge in [0.1, 0.15) is 0 Å². The van der Waals surface area contributed by atoms with Gasteiger partial charge < -0.3 is 21.3 Å². The number of carbonyl (C=O) groups excluding carboxylic acids is 1. The fourth-order valence-corrected chi connectivity index (χ4v) is 0.194. The Labute approximate surface area is 112 Å². The molecular formula is C7H17NO4SY-2. The van der Waals surface area contributed by atoms with Gasteiger partial charge in [0.25, 0.3) is 0 Å². The molecule has 0 bridgehead atoms. The van der Waals surface area contributed by atoms with E-state index in [0.717, 1.165) is 0 Å². The molecule has 0 aromatic carbocycles. The summed E-state index contributed by atoms with van der Waals surface area (Å²) in [6.07, 6.45) is 2.43. The molecule has 0 rings (SSSR count). The van der Waals surface area contributed by atoms with Gasteiger partial charge in [-0.25, -0.2) is 14.7 Å². The molecule has 0 N–H and O–H groups in total. The first kappa shape index (κ1) is 24.1. The molecule has 0 unspecified atom stereocenters. The monoisotopic (exact) mass is 300 g/mol. The molecule has 0 aliphatic carbocycles. The molecule has 0 saturated carbocycles. The van der Waals surface area contributed by atoms with Crippen molar-refractivity contribution in [2.75, 3.05) is 33.9 Å². The molecular weight excluding hydrogens is 283 g/mol. The minimum atomic E-state index is -3.92. The Balaban J connectivity index is -0.0000000651. The van der Waals surface area contributed by atoms with E-state index in [-0.39, 0.29) is 40.1 Å². The molecule has 0 spiro atoms. The van der Waals surface area contributed by atoms with Gasteiger partial charge in [0.15, 0.2) is 0 Å². The standard InChI is InChI=1S/C5H11NO.CH4O3S.CH3.Y/c1-6(2,3)4-5-7;1-5(2,3)4;;/h4H2,1-3H3;1H3,(H,2,3,4);1H3;/q;;-1;/p-1. The van der Waals surface area contributed by atoms with E-state index in [1.165, 1.54) is 0 Å². The maximum absolute atomic E-state index is 9.68. The maximum atomic E-state index is 9.68. The summed E-state index contributed by atoms with van der Waals surface area (Å²) in [7, 11) is 1.93. The third kappa shape index (κ3) is 79.5. The van der Waals surface area contributed by atoms with Gasteiger partial charge in [-0.1, -0.05) is 0 Å². The van der Waals surface area contributed by atoms with Crippen molar-refractivity contribution in [3.05, 3.63) is 7.43 Å². The van der Waals surface area contributed by atoms with E-state index in [2.05, 4.69) is 0 Å². The molecule has 0 atom stereocenters. The molecule has 5 nitrogen and oxygen atoms in total. The Hall–Kier alpha value is 0.644. The second-order valence-corrected chi connectivity index (χ2v) is 4.71. The van der Waals surface area contributed by atoms with Crippen molar-refractivity contribution in [2.45, 2.75) is 0 Å². The average Bonchev–Trinajstić information content (AvgIpc) is 1.54. The van der Waals surface area contributed by atoms with Crippen LogP contribution in [0.3, 0.4) is 0 Å². The number of likely N-dealkylation sites (N-methyl/N-ethyl adjacent to an activating group) is 1. The molecule has 85 valence electrons. The van der Waals surface area contributed by atoms with Crippen molar-refractivity contribution in [1.82, 2.24) is 0 Å². The van der Waals surface area contributed by atoms with Crippen molar-refractivity contribution in [3.8, 4) is 0 Å². The van der Waals surface area contributed by atoms with Crippen LogP contribution in [-0.2, 0) is 47.6 Å². The van der Waals surface area contributed by atoms with Gasteiger partial charge in [-0.3, -0.25) is 0 Å². The summed E-state index contributed by atoms with van der Waals surface area (Å²) in [6, 6.07) is 0.